The van der Waals surface area contributed by atoms with Crippen molar-refractivity contribution in [3.8, 4) is 11.1 Å². The molecular formula is C14H9Cl2FO2. The Hall–Kier alpha value is -1.58. The lowest BCUT2D eigenvalue weighted by molar-refractivity contribution is 0.0601. The number of hydrogen-bond acceptors (Lipinski definition) is 2. The summed E-state index contributed by atoms with van der Waals surface area (Å²) in [6, 6.07) is 8.58. The van der Waals surface area contributed by atoms with E-state index in [0.717, 1.165) is 0 Å². The van der Waals surface area contributed by atoms with Gasteiger partial charge in [-0.3, -0.25) is 0 Å². The average Bonchev–Trinajstić information content (AvgIpc) is 2.36. The smallest absolute Gasteiger partial charge is 0.338 e. The molecule has 2 nitrogen and oxygen atoms in total. The van der Waals surface area contributed by atoms with Crippen molar-refractivity contribution < 1.29 is 13.9 Å². The van der Waals surface area contributed by atoms with Crippen LogP contribution in [0.15, 0.2) is 36.4 Å². The number of carbonyl (C=O) groups excluding carboxylic acids is 1. The van der Waals surface area contributed by atoms with Crippen molar-refractivity contribution in [2.24, 2.45) is 0 Å². The normalized spacial score (nSPS) is 10.3. The second-order valence-electron chi connectivity index (χ2n) is 3.84. The fourth-order valence-corrected chi connectivity index (χ4v) is 2.28. The number of ether oxygens (including phenoxy) is 1. The highest BCUT2D eigenvalue weighted by atomic mass is 35.5. The minimum atomic E-state index is -0.550. The second-order valence-corrected chi connectivity index (χ2v) is 4.71. The highest BCUT2D eigenvalue weighted by Gasteiger charge is 2.15. The van der Waals surface area contributed by atoms with Gasteiger partial charge in [-0.15, -0.1) is 0 Å². The van der Waals surface area contributed by atoms with E-state index in [-0.39, 0.29) is 5.56 Å². The molecule has 0 unspecified atom stereocenters. The van der Waals surface area contributed by atoms with Gasteiger partial charge in [-0.25, -0.2) is 9.18 Å². The van der Waals surface area contributed by atoms with Gasteiger partial charge in [0, 0.05) is 10.0 Å². The Morgan fingerprint density at radius 3 is 2.32 bits per heavy atom. The van der Waals surface area contributed by atoms with E-state index in [1.165, 1.54) is 25.3 Å². The zero-order valence-corrected chi connectivity index (χ0v) is 11.4. The Morgan fingerprint density at radius 2 is 1.74 bits per heavy atom. The van der Waals surface area contributed by atoms with Crippen LogP contribution in [0.1, 0.15) is 10.4 Å². The minimum Gasteiger partial charge on any atom is -0.465 e. The van der Waals surface area contributed by atoms with Crippen LogP contribution in [0, 0.1) is 5.82 Å². The number of carbonyl (C=O) groups is 1. The molecule has 2 aromatic carbocycles. The van der Waals surface area contributed by atoms with Gasteiger partial charge in [-0.1, -0.05) is 23.2 Å². The molecule has 19 heavy (non-hydrogen) atoms. The highest BCUT2D eigenvalue weighted by molar-refractivity contribution is 6.35. The predicted molar refractivity (Wildman–Crippen MR) is 73.2 cm³/mol. The Morgan fingerprint density at radius 1 is 1.11 bits per heavy atom. The maximum absolute atomic E-state index is 13.4. The maximum atomic E-state index is 13.4. The summed E-state index contributed by atoms with van der Waals surface area (Å²) in [6.07, 6.45) is 0. The van der Waals surface area contributed by atoms with E-state index in [4.69, 9.17) is 23.2 Å². The quantitative estimate of drug-likeness (QED) is 0.758. The first-order chi connectivity index (χ1) is 9.01. The molecule has 2 aromatic rings. The van der Waals surface area contributed by atoms with Gasteiger partial charge >= 0.3 is 5.97 Å². The van der Waals surface area contributed by atoms with E-state index < -0.39 is 11.8 Å². The van der Waals surface area contributed by atoms with Crippen LogP contribution in [0.4, 0.5) is 4.39 Å². The third kappa shape index (κ3) is 3.06. The van der Waals surface area contributed by atoms with Gasteiger partial charge in [-0.2, -0.15) is 0 Å². The number of halogens is 3. The molecule has 0 fully saturated rings. The first kappa shape index (κ1) is 13.8. The summed E-state index contributed by atoms with van der Waals surface area (Å²) in [5.74, 6) is -1.01. The first-order valence-corrected chi connectivity index (χ1v) is 6.11. The Labute approximate surface area is 119 Å². The van der Waals surface area contributed by atoms with Crippen LogP contribution in [0.2, 0.25) is 10.0 Å². The van der Waals surface area contributed by atoms with Gasteiger partial charge in [0.15, 0.2) is 0 Å². The third-order valence-corrected chi connectivity index (χ3v) is 3.00. The van der Waals surface area contributed by atoms with E-state index in [1.807, 2.05) is 0 Å². The lowest BCUT2D eigenvalue weighted by Gasteiger charge is -2.09. The highest BCUT2D eigenvalue weighted by Crippen LogP contribution is 2.30. The molecule has 0 aliphatic carbocycles. The second kappa shape index (κ2) is 5.59. The summed E-state index contributed by atoms with van der Waals surface area (Å²) >= 11 is 11.8. The molecule has 0 amide bonds. The summed E-state index contributed by atoms with van der Waals surface area (Å²) < 4.78 is 18.1. The summed E-state index contributed by atoms with van der Waals surface area (Å²) in [6.45, 7) is 0. The number of hydrogen-bond donors (Lipinski definition) is 0. The molecule has 0 bridgehead atoms. The minimum absolute atomic E-state index is 0.252. The SMILES string of the molecule is COC(=O)c1ccc(F)cc1-c1cc(Cl)cc(Cl)c1. The molecule has 0 N–H and O–H groups in total. The first-order valence-electron chi connectivity index (χ1n) is 5.35. The number of rotatable bonds is 2. The Balaban J connectivity index is 2.65. The molecule has 2 rings (SSSR count). The van der Waals surface area contributed by atoms with E-state index in [9.17, 15) is 9.18 Å². The van der Waals surface area contributed by atoms with Crippen LogP contribution < -0.4 is 0 Å². The summed E-state index contributed by atoms with van der Waals surface area (Å²) in [4.78, 5) is 11.7. The summed E-state index contributed by atoms with van der Waals surface area (Å²) in [7, 11) is 1.26. The molecule has 0 radical (unpaired) electrons. The molecule has 0 saturated heterocycles. The fraction of sp³-hybridized carbons (Fsp3) is 0.0714. The Bertz CT molecular complexity index is 621. The summed E-state index contributed by atoms with van der Waals surface area (Å²) in [5.41, 5.74) is 1.19. The zero-order valence-electron chi connectivity index (χ0n) is 9.91. The number of benzene rings is 2. The van der Waals surface area contributed by atoms with Crippen molar-refractivity contribution in [2.75, 3.05) is 7.11 Å². The molecule has 0 atom stereocenters. The topological polar surface area (TPSA) is 26.3 Å². The van der Waals surface area contributed by atoms with Crippen molar-refractivity contribution in [1.82, 2.24) is 0 Å². The molecule has 0 heterocycles. The van der Waals surface area contributed by atoms with Gasteiger partial charge in [0.25, 0.3) is 0 Å². The molecular weight excluding hydrogens is 290 g/mol. The monoisotopic (exact) mass is 298 g/mol. The van der Waals surface area contributed by atoms with Crippen LogP contribution in [0.25, 0.3) is 11.1 Å². The molecule has 0 saturated carbocycles. The van der Waals surface area contributed by atoms with Gasteiger partial charge in [-0.05, 0) is 47.5 Å². The molecule has 0 aliphatic rings. The van der Waals surface area contributed by atoms with Crippen molar-refractivity contribution in [3.05, 3.63) is 57.8 Å². The molecule has 0 spiro atoms. The standard InChI is InChI=1S/C14H9Cl2FO2/c1-19-14(18)12-3-2-11(17)7-13(12)8-4-9(15)6-10(16)5-8/h2-7H,1H3. The van der Waals surface area contributed by atoms with E-state index >= 15 is 0 Å². The van der Waals surface area contributed by atoms with E-state index in [1.54, 1.807) is 18.2 Å². The summed E-state index contributed by atoms with van der Waals surface area (Å²) in [5, 5.41) is 0.810. The number of methoxy groups -OCH3 is 1. The lowest BCUT2D eigenvalue weighted by Crippen LogP contribution is -2.04. The maximum Gasteiger partial charge on any atom is 0.338 e. The lowest BCUT2D eigenvalue weighted by atomic mass is 9.99. The van der Waals surface area contributed by atoms with Crippen molar-refractivity contribution in [2.45, 2.75) is 0 Å². The van der Waals surface area contributed by atoms with Crippen LogP contribution in [-0.4, -0.2) is 13.1 Å². The largest absolute Gasteiger partial charge is 0.465 e. The van der Waals surface area contributed by atoms with Crippen molar-refractivity contribution >= 4 is 29.2 Å². The molecule has 5 heteroatoms. The van der Waals surface area contributed by atoms with Gasteiger partial charge < -0.3 is 4.74 Å². The van der Waals surface area contributed by atoms with Crippen LogP contribution in [-0.2, 0) is 4.74 Å². The van der Waals surface area contributed by atoms with Gasteiger partial charge in [0.2, 0.25) is 0 Å². The van der Waals surface area contributed by atoms with Gasteiger partial charge in [0.1, 0.15) is 5.82 Å². The van der Waals surface area contributed by atoms with Crippen LogP contribution in [0.3, 0.4) is 0 Å². The fourth-order valence-electron chi connectivity index (χ4n) is 1.75. The molecule has 98 valence electrons. The third-order valence-electron chi connectivity index (χ3n) is 2.56. The zero-order chi connectivity index (χ0) is 14.0. The van der Waals surface area contributed by atoms with Crippen LogP contribution in [0.5, 0.6) is 0 Å². The van der Waals surface area contributed by atoms with Crippen molar-refractivity contribution in [3.63, 3.8) is 0 Å². The van der Waals surface area contributed by atoms with E-state index in [0.29, 0.717) is 21.2 Å². The average molecular weight is 299 g/mol. The number of esters is 1. The van der Waals surface area contributed by atoms with E-state index in [2.05, 4.69) is 4.74 Å². The van der Waals surface area contributed by atoms with Crippen LogP contribution >= 0.6 is 23.2 Å². The molecule has 0 aliphatic heterocycles. The Kier molecular flexibility index (Phi) is 4.08. The predicted octanol–water partition coefficient (Wildman–Crippen LogP) is 4.59. The van der Waals surface area contributed by atoms with Crippen molar-refractivity contribution in [1.29, 1.82) is 0 Å². The van der Waals surface area contributed by atoms with Gasteiger partial charge in [0.05, 0.1) is 12.7 Å². The molecule has 0 aromatic heterocycles.